The highest BCUT2D eigenvalue weighted by Gasteiger charge is 2.53. The molecule has 48 heavy (non-hydrogen) atoms. The van der Waals surface area contributed by atoms with Crippen LogP contribution in [0.1, 0.15) is 99.8 Å². The quantitative estimate of drug-likeness (QED) is 0.0807. The van der Waals surface area contributed by atoms with Crippen molar-refractivity contribution in [3.63, 3.8) is 0 Å². The second kappa shape index (κ2) is 15.9. The molecule has 2 aliphatic carbocycles. The van der Waals surface area contributed by atoms with Crippen LogP contribution in [0.25, 0.3) is 0 Å². The lowest BCUT2D eigenvalue weighted by Crippen LogP contribution is -2.28. The predicted molar refractivity (Wildman–Crippen MR) is 186 cm³/mol. The highest BCUT2D eigenvalue weighted by Crippen LogP contribution is 2.58. The van der Waals surface area contributed by atoms with Gasteiger partial charge in [-0.15, -0.1) is 0 Å². The molecule has 0 N–H and O–H groups in total. The van der Waals surface area contributed by atoms with Crippen LogP contribution in [-0.4, -0.2) is 37.1 Å². The van der Waals surface area contributed by atoms with Crippen LogP contribution in [0.4, 0.5) is 0 Å². The van der Waals surface area contributed by atoms with E-state index in [9.17, 15) is 19.2 Å². The first kappa shape index (κ1) is 38.9. The van der Waals surface area contributed by atoms with Crippen LogP contribution >= 0.6 is 69.6 Å². The zero-order valence-corrected chi connectivity index (χ0v) is 31.4. The number of rotatable bonds is 14. The summed E-state index contributed by atoms with van der Waals surface area (Å²) in [5.74, 6) is -5.47. The normalized spacial score (nSPS) is 22.5. The van der Waals surface area contributed by atoms with Gasteiger partial charge >= 0.3 is 23.9 Å². The summed E-state index contributed by atoms with van der Waals surface area (Å²) in [7, 11) is 0. The molecule has 0 saturated heterocycles. The van der Waals surface area contributed by atoms with E-state index in [1.807, 2.05) is 13.8 Å². The first-order valence-electron chi connectivity index (χ1n) is 15.8. The number of halogens is 6. The van der Waals surface area contributed by atoms with Crippen molar-refractivity contribution in [1.82, 2.24) is 0 Å². The maximum atomic E-state index is 13.3. The van der Waals surface area contributed by atoms with E-state index in [1.54, 1.807) is 0 Å². The van der Waals surface area contributed by atoms with Crippen molar-refractivity contribution >= 4 is 93.5 Å². The van der Waals surface area contributed by atoms with E-state index in [0.717, 1.165) is 63.5 Å². The first-order chi connectivity index (χ1) is 22.7. The van der Waals surface area contributed by atoms with Crippen LogP contribution in [0.3, 0.4) is 0 Å². The fourth-order valence-corrected chi connectivity index (χ4v) is 7.79. The van der Waals surface area contributed by atoms with Gasteiger partial charge in [-0.25, -0.2) is 19.2 Å². The molecule has 14 heteroatoms. The zero-order valence-electron chi connectivity index (χ0n) is 26.9. The van der Waals surface area contributed by atoms with Crippen molar-refractivity contribution < 1.29 is 38.1 Å². The Kier molecular flexibility index (Phi) is 12.9. The number of ether oxygens (including phenoxy) is 4. The molecule has 0 radical (unpaired) electrons. The van der Waals surface area contributed by atoms with Gasteiger partial charge < -0.3 is 18.9 Å². The molecule has 4 unspecified atom stereocenters. The fourth-order valence-electron chi connectivity index (χ4n) is 6.35. The Morgan fingerprint density at radius 3 is 1.29 bits per heavy atom. The van der Waals surface area contributed by atoms with Crippen molar-refractivity contribution in [2.75, 3.05) is 13.2 Å². The molecule has 4 atom stereocenters. The third kappa shape index (κ3) is 8.16. The lowest BCUT2D eigenvalue weighted by Gasteiger charge is -2.18. The van der Waals surface area contributed by atoms with Crippen molar-refractivity contribution in [3.05, 3.63) is 53.4 Å². The SMILES string of the molecule is CCCC1CC1(CC)COC(=O)c1c(Cl)c(Cl)cc(Cl)c1OC(=O)C(=O)Oc1c(Cl)cc(Cl)c(Cl)c1C(=O)OCC1(CC)CC1CCC. The Balaban J connectivity index is 1.54. The van der Waals surface area contributed by atoms with Gasteiger partial charge in [-0.05, 0) is 49.7 Å². The second-order valence-corrected chi connectivity index (χ2v) is 14.8. The number of hydrogen-bond donors (Lipinski definition) is 0. The number of carbonyl (C=O) groups is 4. The summed E-state index contributed by atoms with van der Waals surface area (Å²) >= 11 is 37.7. The summed E-state index contributed by atoms with van der Waals surface area (Å²) in [6.45, 7) is 8.44. The van der Waals surface area contributed by atoms with E-state index in [4.69, 9.17) is 88.6 Å². The van der Waals surface area contributed by atoms with Crippen molar-refractivity contribution in [3.8, 4) is 11.5 Å². The van der Waals surface area contributed by atoms with Crippen molar-refractivity contribution in [2.24, 2.45) is 22.7 Å². The average molecular weight is 785 g/mol. The Labute approximate surface area is 309 Å². The predicted octanol–water partition coefficient (Wildman–Crippen LogP) is 10.9. The number of hydrogen-bond acceptors (Lipinski definition) is 8. The molecule has 262 valence electrons. The standard InChI is InChI=1S/C34H36Cl6O8/c1-5-9-17-13-33(17,7-3)15-45-29(41)23-25(39)19(35)11-21(37)27(23)47-31(43)32(44)48-28-22(38)12-20(36)26(40)24(28)30(42)46-16-34(8-4)14-18(34)10-6-2/h11-12,17-18H,5-10,13-16H2,1-4H3. The van der Waals surface area contributed by atoms with Crippen LogP contribution in [0, 0.1) is 22.7 Å². The molecule has 2 aliphatic rings. The molecule has 0 amide bonds. The molecule has 2 saturated carbocycles. The molecular formula is C34H36Cl6O8. The molecule has 0 aromatic heterocycles. The van der Waals surface area contributed by atoms with Gasteiger partial charge in [-0.1, -0.05) is 123 Å². The maximum Gasteiger partial charge on any atom is 0.423 e. The summed E-state index contributed by atoms with van der Waals surface area (Å²) < 4.78 is 21.7. The number of carbonyl (C=O) groups excluding carboxylic acids is 4. The third-order valence-electron chi connectivity index (χ3n) is 9.60. The van der Waals surface area contributed by atoms with Crippen LogP contribution in [0.2, 0.25) is 30.1 Å². The van der Waals surface area contributed by atoms with Gasteiger partial charge in [-0.3, -0.25) is 0 Å². The zero-order chi connectivity index (χ0) is 35.6. The molecular weight excluding hydrogens is 749 g/mol. The molecule has 0 bridgehead atoms. The Hall–Kier alpha value is -1.94. The minimum Gasteiger partial charge on any atom is -0.461 e. The van der Waals surface area contributed by atoms with Gasteiger partial charge in [0.05, 0.1) is 43.3 Å². The van der Waals surface area contributed by atoms with Gasteiger partial charge in [0.25, 0.3) is 0 Å². The molecule has 4 rings (SSSR count). The monoisotopic (exact) mass is 782 g/mol. The van der Waals surface area contributed by atoms with Gasteiger partial charge in [-0.2, -0.15) is 0 Å². The van der Waals surface area contributed by atoms with Gasteiger partial charge in [0, 0.05) is 10.8 Å². The van der Waals surface area contributed by atoms with E-state index in [1.165, 1.54) is 0 Å². The van der Waals surface area contributed by atoms with Crippen molar-refractivity contribution in [1.29, 1.82) is 0 Å². The molecule has 0 aliphatic heterocycles. The average Bonchev–Trinajstić information content (AvgIpc) is 3.95. The van der Waals surface area contributed by atoms with E-state index < -0.39 is 46.5 Å². The van der Waals surface area contributed by atoms with Gasteiger partial charge in [0.1, 0.15) is 11.1 Å². The lowest BCUT2D eigenvalue weighted by molar-refractivity contribution is -0.156. The van der Waals surface area contributed by atoms with E-state index in [-0.39, 0.29) is 54.2 Å². The summed E-state index contributed by atoms with van der Waals surface area (Å²) in [5.41, 5.74) is -1.21. The van der Waals surface area contributed by atoms with Crippen molar-refractivity contribution in [2.45, 2.75) is 79.1 Å². The summed E-state index contributed by atoms with van der Waals surface area (Å²) in [4.78, 5) is 52.8. The molecule has 2 fully saturated rings. The highest BCUT2D eigenvalue weighted by molar-refractivity contribution is 6.47. The maximum absolute atomic E-state index is 13.3. The first-order valence-corrected chi connectivity index (χ1v) is 18.1. The second-order valence-electron chi connectivity index (χ2n) is 12.5. The Morgan fingerprint density at radius 1 is 0.625 bits per heavy atom. The molecule has 2 aromatic rings. The number of benzene rings is 2. The molecule has 2 aromatic carbocycles. The Morgan fingerprint density at radius 2 is 0.979 bits per heavy atom. The summed E-state index contributed by atoms with van der Waals surface area (Å²) in [6.07, 6.45) is 7.43. The van der Waals surface area contributed by atoms with Gasteiger partial charge in [0.15, 0.2) is 11.5 Å². The molecule has 8 nitrogen and oxygen atoms in total. The van der Waals surface area contributed by atoms with E-state index in [2.05, 4.69) is 13.8 Å². The summed E-state index contributed by atoms with van der Waals surface area (Å²) in [6, 6.07) is 2.28. The topological polar surface area (TPSA) is 105 Å². The van der Waals surface area contributed by atoms with Crippen LogP contribution in [0.15, 0.2) is 12.1 Å². The van der Waals surface area contributed by atoms with E-state index >= 15 is 0 Å². The minimum absolute atomic E-state index is 0.107. The minimum atomic E-state index is -1.63. The summed E-state index contributed by atoms with van der Waals surface area (Å²) in [5, 5.41) is -1.43. The number of esters is 4. The Bertz CT molecular complexity index is 1500. The molecule has 0 heterocycles. The smallest absolute Gasteiger partial charge is 0.423 e. The van der Waals surface area contributed by atoms with E-state index in [0.29, 0.717) is 11.8 Å². The van der Waals surface area contributed by atoms with Gasteiger partial charge in [0.2, 0.25) is 0 Å². The molecule has 0 spiro atoms. The lowest BCUT2D eigenvalue weighted by atomic mass is 9.99. The fraction of sp³-hybridized carbons (Fsp3) is 0.529. The van der Waals surface area contributed by atoms with Crippen LogP contribution in [-0.2, 0) is 19.1 Å². The van der Waals surface area contributed by atoms with Crippen LogP contribution in [0.5, 0.6) is 11.5 Å². The highest BCUT2D eigenvalue weighted by atomic mass is 35.5. The third-order valence-corrected chi connectivity index (χ3v) is 11.7. The van der Waals surface area contributed by atoms with Crippen LogP contribution < -0.4 is 9.47 Å². The largest absolute Gasteiger partial charge is 0.461 e.